The van der Waals surface area contributed by atoms with Gasteiger partial charge in [-0.3, -0.25) is 0 Å². The molecule has 0 fully saturated rings. The summed E-state index contributed by atoms with van der Waals surface area (Å²) in [4.78, 5) is 0. The second-order valence-corrected chi connectivity index (χ2v) is 0.789. The smallest absolute Gasteiger partial charge is 0.00799 e. The lowest BCUT2D eigenvalue weighted by Crippen LogP contribution is -1.93. The summed E-state index contributed by atoms with van der Waals surface area (Å²) in [6.07, 6.45) is 1.10. The molecule has 1 nitrogen and oxygen atoms in total. The van der Waals surface area contributed by atoms with Crippen LogP contribution >= 0.6 is 0 Å². The van der Waals surface area contributed by atoms with Gasteiger partial charge < -0.3 is 5.73 Å². The lowest BCUT2D eigenvalue weighted by molar-refractivity contribution is 0.932. The molecule has 0 aromatic heterocycles. The van der Waals surface area contributed by atoms with Crippen LogP contribution in [0.5, 0.6) is 0 Å². The normalized spacial score (nSPS) is 5.25. The van der Waals surface area contributed by atoms with E-state index in [-0.39, 0.29) is 0 Å². The Kier molecular flexibility index (Phi) is 126. The van der Waals surface area contributed by atoms with Crippen LogP contribution in [0.15, 0.2) is 0 Å². The van der Waals surface area contributed by atoms with Gasteiger partial charge in [-0.1, -0.05) is 34.6 Å². The molecule has 0 aliphatic carbocycles. The third kappa shape index (κ3) is 159. The molecule has 0 aliphatic heterocycles. The predicted molar refractivity (Wildman–Crippen MR) is 42.0 cm³/mol. The van der Waals surface area contributed by atoms with Crippen LogP contribution in [0.4, 0.5) is 0 Å². The van der Waals surface area contributed by atoms with E-state index in [4.69, 9.17) is 5.73 Å². The van der Waals surface area contributed by atoms with Crippen LogP contribution in [0.3, 0.4) is 0 Å². The van der Waals surface area contributed by atoms with Crippen molar-refractivity contribution in [2.75, 3.05) is 6.54 Å². The molecule has 0 heterocycles. The first-order valence-corrected chi connectivity index (χ1v) is 3.62. The molecule has 54 valence electrons. The molecule has 0 spiro atoms. The Balaban J connectivity index is -0.0000000542. The van der Waals surface area contributed by atoms with Crippen LogP contribution in [0.2, 0.25) is 0 Å². The van der Waals surface area contributed by atoms with Crippen LogP contribution in [-0.2, 0) is 0 Å². The van der Waals surface area contributed by atoms with Gasteiger partial charge in [0.15, 0.2) is 0 Å². The molecule has 0 bridgehead atoms. The fourth-order valence-electron chi connectivity index (χ4n) is 0. The summed E-state index contributed by atoms with van der Waals surface area (Å²) in [5, 5.41) is 0. The molecule has 0 atom stereocenters. The summed E-state index contributed by atoms with van der Waals surface area (Å²) in [5.74, 6) is 0. The van der Waals surface area contributed by atoms with Gasteiger partial charge in [-0.15, -0.1) is 0 Å². The van der Waals surface area contributed by atoms with E-state index in [0.717, 1.165) is 13.0 Å². The molecule has 0 saturated heterocycles. The minimum Gasteiger partial charge on any atom is -0.330 e. The van der Waals surface area contributed by atoms with E-state index >= 15 is 0 Å². The molecule has 0 aliphatic rings. The summed E-state index contributed by atoms with van der Waals surface area (Å²) in [5.41, 5.74) is 5.03. The Bertz CT molecular complexity index is 6.35. The Hall–Kier alpha value is -0.0400. The first-order chi connectivity index (χ1) is 3.91. The monoisotopic (exact) mass is 119 g/mol. The molecule has 1 heteroatoms. The van der Waals surface area contributed by atoms with Crippen molar-refractivity contribution in [2.45, 2.75) is 41.0 Å². The molecule has 2 N–H and O–H groups in total. The maximum absolute atomic E-state index is 5.03. The van der Waals surface area contributed by atoms with Crippen molar-refractivity contribution in [3.63, 3.8) is 0 Å². The third-order valence-corrected chi connectivity index (χ3v) is 0.289. The van der Waals surface area contributed by atoms with Gasteiger partial charge in [0.25, 0.3) is 0 Å². The van der Waals surface area contributed by atoms with Gasteiger partial charge in [0, 0.05) is 0 Å². The second kappa shape index (κ2) is 64.4. The fourth-order valence-corrected chi connectivity index (χ4v) is 0. The largest absolute Gasteiger partial charge is 0.330 e. The summed E-state index contributed by atoms with van der Waals surface area (Å²) in [6.45, 7) is 10.9. The summed E-state index contributed by atoms with van der Waals surface area (Å²) >= 11 is 0. The molecular formula is C7H21N. The summed E-state index contributed by atoms with van der Waals surface area (Å²) in [7, 11) is 0. The summed E-state index contributed by atoms with van der Waals surface area (Å²) < 4.78 is 0. The zero-order chi connectivity index (χ0) is 7.41. The molecule has 0 aromatic carbocycles. The molecule has 0 amide bonds. The Morgan fingerprint density at radius 1 is 1.00 bits per heavy atom. The van der Waals surface area contributed by atoms with Gasteiger partial charge in [-0.25, -0.2) is 0 Å². The van der Waals surface area contributed by atoms with Crippen molar-refractivity contribution >= 4 is 0 Å². The first kappa shape index (κ1) is 15.7. The van der Waals surface area contributed by atoms with Crippen LogP contribution in [0.25, 0.3) is 0 Å². The average Bonchev–Trinajstić information content (AvgIpc) is 1.96. The quantitative estimate of drug-likeness (QED) is 0.563. The van der Waals surface area contributed by atoms with Crippen LogP contribution < -0.4 is 5.73 Å². The highest BCUT2D eigenvalue weighted by molar-refractivity contribution is 4.19. The number of nitrogens with two attached hydrogens (primary N) is 1. The predicted octanol–water partition coefficient (Wildman–Crippen LogP) is 2.41. The van der Waals surface area contributed by atoms with Crippen molar-refractivity contribution in [3.05, 3.63) is 0 Å². The standard InChI is InChI=1S/C3H9N.2C2H6/c1-2-3-4;2*1-2/h2-4H2,1H3;2*1-2H3. The van der Waals surface area contributed by atoms with Crippen molar-refractivity contribution in [2.24, 2.45) is 5.73 Å². The average molecular weight is 119 g/mol. The second-order valence-electron chi connectivity index (χ2n) is 0.789. The maximum Gasteiger partial charge on any atom is -0.00799 e. The SMILES string of the molecule is CC.CC.CCCN. The van der Waals surface area contributed by atoms with Crippen LogP contribution in [0, 0.1) is 0 Å². The van der Waals surface area contributed by atoms with Gasteiger partial charge in [0.2, 0.25) is 0 Å². The van der Waals surface area contributed by atoms with E-state index < -0.39 is 0 Å². The summed E-state index contributed by atoms with van der Waals surface area (Å²) in [6, 6.07) is 0. The van der Waals surface area contributed by atoms with E-state index in [9.17, 15) is 0 Å². The molecule has 0 unspecified atom stereocenters. The number of hydrogen-bond acceptors (Lipinski definition) is 1. The maximum atomic E-state index is 5.03. The molecule has 0 saturated carbocycles. The third-order valence-electron chi connectivity index (χ3n) is 0.289. The molecule has 0 rings (SSSR count). The highest BCUT2D eigenvalue weighted by Gasteiger charge is 1.55. The van der Waals surface area contributed by atoms with Crippen molar-refractivity contribution in [3.8, 4) is 0 Å². The molecule has 8 heavy (non-hydrogen) atoms. The van der Waals surface area contributed by atoms with Gasteiger partial charge in [0.05, 0.1) is 0 Å². The Morgan fingerprint density at radius 2 is 1.12 bits per heavy atom. The zero-order valence-electron chi connectivity index (χ0n) is 6.99. The topological polar surface area (TPSA) is 26.0 Å². The Morgan fingerprint density at radius 3 is 1.12 bits per heavy atom. The van der Waals surface area contributed by atoms with Crippen molar-refractivity contribution in [1.82, 2.24) is 0 Å². The molecule has 0 aromatic rings. The zero-order valence-corrected chi connectivity index (χ0v) is 6.99. The van der Waals surface area contributed by atoms with Crippen LogP contribution in [0.1, 0.15) is 41.0 Å². The lowest BCUT2D eigenvalue weighted by atomic mass is 10.5. The molecular weight excluding hydrogens is 98.1 g/mol. The molecule has 0 radical (unpaired) electrons. The van der Waals surface area contributed by atoms with Gasteiger partial charge >= 0.3 is 0 Å². The highest BCUT2D eigenvalue weighted by atomic mass is 14.5. The van der Waals surface area contributed by atoms with E-state index in [0.29, 0.717) is 0 Å². The van der Waals surface area contributed by atoms with E-state index in [2.05, 4.69) is 6.92 Å². The van der Waals surface area contributed by atoms with Gasteiger partial charge in [-0.05, 0) is 13.0 Å². The number of rotatable bonds is 1. The van der Waals surface area contributed by atoms with E-state index in [1.54, 1.807) is 0 Å². The minimum absolute atomic E-state index is 0.819. The fraction of sp³-hybridized carbons (Fsp3) is 1.00. The number of hydrogen-bond donors (Lipinski definition) is 1. The van der Waals surface area contributed by atoms with Crippen LogP contribution in [-0.4, -0.2) is 6.54 Å². The van der Waals surface area contributed by atoms with E-state index in [1.807, 2.05) is 27.7 Å². The van der Waals surface area contributed by atoms with E-state index in [1.165, 1.54) is 0 Å². The van der Waals surface area contributed by atoms with Gasteiger partial charge in [-0.2, -0.15) is 0 Å². The van der Waals surface area contributed by atoms with Gasteiger partial charge in [0.1, 0.15) is 0 Å². The Labute approximate surface area is 54.3 Å². The lowest BCUT2D eigenvalue weighted by Gasteiger charge is -1.70. The minimum atomic E-state index is 0.819. The van der Waals surface area contributed by atoms with Crippen molar-refractivity contribution in [1.29, 1.82) is 0 Å². The van der Waals surface area contributed by atoms with Crippen molar-refractivity contribution < 1.29 is 0 Å². The first-order valence-electron chi connectivity index (χ1n) is 3.62. The highest BCUT2D eigenvalue weighted by Crippen LogP contribution is 1.57.